The van der Waals surface area contributed by atoms with E-state index in [9.17, 15) is 39.3 Å². The highest BCUT2D eigenvalue weighted by atomic mass is 16.5. The number of fused-ring (bicyclic) bond motifs is 1. The van der Waals surface area contributed by atoms with Crippen molar-refractivity contribution in [3.05, 3.63) is 70.2 Å². The predicted octanol–water partition coefficient (Wildman–Crippen LogP) is 3.87. The van der Waals surface area contributed by atoms with Crippen LogP contribution in [0.3, 0.4) is 0 Å². The van der Waals surface area contributed by atoms with E-state index >= 15 is 0 Å². The molecule has 2 saturated heterocycles. The molecular weight excluding hydrogens is 1050 g/mol. The molecule has 21 nitrogen and oxygen atoms in total. The molecule has 0 unspecified atom stereocenters. The van der Waals surface area contributed by atoms with Gasteiger partial charge in [0.05, 0.1) is 57.1 Å². The van der Waals surface area contributed by atoms with Crippen molar-refractivity contribution in [2.45, 2.75) is 93.4 Å². The third-order valence-electron chi connectivity index (χ3n) is 16.8. The third kappa shape index (κ3) is 19.3. The summed E-state index contributed by atoms with van der Waals surface area (Å²) in [6, 6.07) is 11.0. The number of carbonyl (C=O) groups is 5. The summed E-state index contributed by atoms with van der Waals surface area (Å²) in [5.41, 5.74) is 7.57. The van der Waals surface area contributed by atoms with Crippen LogP contribution in [0.2, 0.25) is 0 Å². The van der Waals surface area contributed by atoms with Crippen LogP contribution in [0.15, 0.2) is 36.4 Å². The average Bonchev–Trinajstić information content (AvgIpc) is 1.93. The van der Waals surface area contributed by atoms with Crippen molar-refractivity contribution >= 4 is 41.4 Å². The van der Waals surface area contributed by atoms with Gasteiger partial charge in [0.15, 0.2) is 5.65 Å². The van der Waals surface area contributed by atoms with Gasteiger partial charge in [-0.05, 0) is 80.4 Å². The largest absolute Gasteiger partial charge is 0.480 e. The Morgan fingerprint density at radius 3 is 1.76 bits per heavy atom. The monoisotopic (exact) mass is 1140 g/mol. The van der Waals surface area contributed by atoms with Crippen LogP contribution in [0.5, 0.6) is 0 Å². The molecule has 3 aliphatic carbocycles. The fraction of sp³-hybridized carbons (Fsp3) is 0.689. The van der Waals surface area contributed by atoms with Crippen LogP contribution in [-0.2, 0) is 46.3 Å². The second-order valence-corrected chi connectivity index (χ2v) is 25.6. The lowest BCUT2D eigenvalue weighted by Gasteiger charge is -2.70. The van der Waals surface area contributed by atoms with Crippen LogP contribution in [0, 0.1) is 35.5 Å². The number of benzene rings is 1. The minimum Gasteiger partial charge on any atom is -0.480 e. The lowest BCUT2D eigenvalue weighted by Crippen LogP contribution is -2.71. The molecule has 0 atom stereocenters. The van der Waals surface area contributed by atoms with Crippen molar-refractivity contribution in [1.82, 2.24) is 54.6 Å². The minimum atomic E-state index is -1.01. The maximum atomic E-state index is 13.3. The van der Waals surface area contributed by atoms with Gasteiger partial charge in [-0.2, -0.15) is 5.10 Å². The number of carbonyl (C=O) groups excluding carboxylic acids is 2. The first-order valence-corrected chi connectivity index (χ1v) is 29.8. The van der Waals surface area contributed by atoms with Crippen LogP contribution in [0.1, 0.15) is 100 Å². The highest BCUT2D eigenvalue weighted by Gasteiger charge is 2.71. The molecule has 82 heavy (non-hydrogen) atoms. The van der Waals surface area contributed by atoms with Crippen molar-refractivity contribution < 1.29 is 48.8 Å². The normalized spacial score (nSPS) is 21.4. The third-order valence-corrected chi connectivity index (χ3v) is 16.8. The van der Waals surface area contributed by atoms with E-state index in [1.165, 1.54) is 16.7 Å². The number of aliphatic carboxylic acids is 3. The van der Waals surface area contributed by atoms with E-state index in [-0.39, 0.29) is 54.2 Å². The second kappa shape index (κ2) is 29.4. The molecule has 2 aromatic heterocycles. The molecule has 1 aromatic carbocycles. The van der Waals surface area contributed by atoms with Crippen LogP contribution in [0.25, 0.3) is 11.7 Å². The van der Waals surface area contributed by atoms with E-state index in [0.29, 0.717) is 104 Å². The summed E-state index contributed by atoms with van der Waals surface area (Å²) in [5, 5.41) is 39.6. The Balaban J connectivity index is 0.711. The lowest BCUT2D eigenvalue weighted by molar-refractivity contribution is -0.214. The molecular formula is C61H95N11O10. The van der Waals surface area contributed by atoms with Crippen molar-refractivity contribution in [1.29, 1.82) is 0 Å². The minimum absolute atomic E-state index is 0.0648. The number of amides is 2. The van der Waals surface area contributed by atoms with Gasteiger partial charge >= 0.3 is 17.9 Å². The van der Waals surface area contributed by atoms with E-state index < -0.39 is 17.9 Å². The van der Waals surface area contributed by atoms with Crippen LogP contribution in [-0.4, -0.2) is 246 Å². The van der Waals surface area contributed by atoms with E-state index in [2.05, 4.69) is 104 Å². The van der Waals surface area contributed by atoms with Crippen LogP contribution in [0.4, 0.5) is 0 Å². The summed E-state index contributed by atoms with van der Waals surface area (Å²) in [5.74, 6) is -2.99. The van der Waals surface area contributed by atoms with Gasteiger partial charge in [-0.3, -0.25) is 48.5 Å². The maximum Gasteiger partial charge on any atom is 0.317 e. The number of piperazine rings is 1. The highest BCUT2D eigenvalue weighted by molar-refractivity contribution is 5.86. The predicted molar refractivity (Wildman–Crippen MR) is 315 cm³/mol. The van der Waals surface area contributed by atoms with Gasteiger partial charge in [-0.1, -0.05) is 71.0 Å². The number of carboxylic acid groups (broad SMARTS) is 3. The molecule has 0 spiro atoms. The number of nitrogens with one attached hydrogen (secondary N) is 2. The zero-order valence-corrected chi connectivity index (χ0v) is 50.2. The summed E-state index contributed by atoms with van der Waals surface area (Å²) in [7, 11) is 0. The molecule has 5 N–H and O–H groups in total. The van der Waals surface area contributed by atoms with Crippen molar-refractivity contribution in [2.75, 3.05) is 157 Å². The highest BCUT2D eigenvalue weighted by Crippen LogP contribution is 2.73. The zero-order chi connectivity index (χ0) is 59.1. The number of hydrogen-bond donors (Lipinski definition) is 5. The Morgan fingerprint density at radius 1 is 0.671 bits per heavy atom. The number of rotatable bonds is 30. The van der Waals surface area contributed by atoms with E-state index in [1.54, 1.807) is 14.7 Å². The van der Waals surface area contributed by atoms with Crippen LogP contribution < -0.4 is 10.6 Å². The standard InChI is InChI=1S/C61H95N11O10/c1-8-51-50(56-64-46(2)33-47(3)72(56)65-51)34-49-14-12-48(13-15-49)11-9-19-66-20-30-71(31-21-66)42-60-39-61(40-60,41-60)57(80)63-17-10-32-81-44-59(6,7)45-82-43-58(4,5)16-18-62-52(73)35-67-22-24-68(36-53(74)75)26-28-70(38-55(78)79)29-27-69(25-23-67)37-54(76)77/h9,11-15,33H,8,10,16-32,34-45H2,1-7H3,(H,62,73)(H,63,80)(H,74,75)(H,76,77)(H,78,79)/b11-9+. The molecule has 3 aromatic rings. The summed E-state index contributed by atoms with van der Waals surface area (Å²) in [6.07, 6.45) is 10.6. The number of carboxylic acids is 3. The SMILES string of the molecule is CCc1nn2c(C)cc(C)nc2c1Cc1ccc(/C=C/CN2CCN(CC34CC(C(=O)NCCCOCC(C)(C)COCC(C)(C)CCNC(=O)CN5CCN(CC(=O)O)CCN(CC(=O)O)CCN(CC(=O)O)CC5)(C3)C4)CC2)cc1. The Labute approximate surface area is 485 Å². The smallest absolute Gasteiger partial charge is 0.317 e. The fourth-order valence-corrected chi connectivity index (χ4v) is 12.4. The Morgan fingerprint density at radius 2 is 1.20 bits per heavy atom. The van der Waals surface area contributed by atoms with Gasteiger partial charge in [-0.15, -0.1) is 0 Å². The molecule has 4 heterocycles. The number of nitrogens with zero attached hydrogens (tertiary/aromatic N) is 9. The number of hydrogen-bond acceptors (Lipinski definition) is 15. The molecule has 2 amide bonds. The quantitative estimate of drug-likeness (QED) is 0.0596. The molecule has 3 saturated carbocycles. The molecule has 2 bridgehead atoms. The molecule has 5 aliphatic rings. The van der Waals surface area contributed by atoms with E-state index in [1.807, 2.05) is 16.3 Å². The molecule has 8 rings (SSSR count). The van der Waals surface area contributed by atoms with Gasteiger partial charge in [-0.25, -0.2) is 9.50 Å². The van der Waals surface area contributed by atoms with Gasteiger partial charge in [0, 0.05) is 140 Å². The first-order valence-electron chi connectivity index (χ1n) is 29.8. The summed E-state index contributed by atoms with van der Waals surface area (Å²) >= 11 is 0. The average molecular weight is 1140 g/mol. The molecule has 21 heteroatoms. The van der Waals surface area contributed by atoms with Crippen molar-refractivity contribution in [3.63, 3.8) is 0 Å². The summed E-state index contributed by atoms with van der Waals surface area (Å²) < 4.78 is 14.3. The van der Waals surface area contributed by atoms with E-state index in [4.69, 9.17) is 19.6 Å². The maximum absolute atomic E-state index is 13.3. The number of aryl methyl sites for hydroxylation is 3. The zero-order valence-electron chi connectivity index (χ0n) is 50.2. The molecule has 0 radical (unpaired) electrons. The summed E-state index contributed by atoms with van der Waals surface area (Å²) in [6.45, 7) is 26.2. The fourth-order valence-electron chi connectivity index (χ4n) is 12.4. The molecule has 2 aliphatic heterocycles. The van der Waals surface area contributed by atoms with Crippen LogP contribution >= 0.6 is 0 Å². The number of ether oxygens (including phenoxy) is 2. The summed E-state index contributed by atoms with van der Waals surface area (Å²) in [4.78, 5) is 78.4. The Kier molecular flexibility index (Phi) is 23.0. The second-order valence-electron chi connectivity index (χ2n) is 25.6. The Bertz CT molecular complexity index is 2600. The van der Waals surface area contributed by atoms with Gasteiger partial charge in [0.2, 0.25) is 11.8 Å². The van der Waals surface area contributed by atoms with Crippen molar-refractivity contribution in [3.8, 4) is 0 Å². The number of aromatic nitrogens is 3. The topological polar surface area (TPSA) is 238 Å². The van der Waals surface area contributed by atoms with Gasteiger partial charge in [0.25, 0.3) is 0 Å². The Hall–Kier alpha value is -5.39. The lowest BCUT2D eigenvalue weighted by atomic mass is 9.34. The van der Waals surface area contributed by atoms with Gasteiger partial charge in [0.1, 0.15) is 0 Å². The first-order chi connectivity index (χ1) is 39.0. The van der Waals surface area contributed by atoms with E-state index in [0.717, 1.165) is 101 Å². The van der Waals surface area contributed by atoms with Crippen molar-refractivity contribution in [2.24, 2.45) is 21.7 Å². The molecule has 454 valence electrons. The van der Waals surface area contributed by atoms with Gasteiger partial charge < -0.3 is 40.3 Å². The molecule has 5 fully saturated rings. The first kappa shape index (κ1) is 64.2.